The van der Waals surface area contributed by atoms with Gasteiger partial charge < -0.3 is 42.0 Å². The summed E-state index contributed by atoms with van der Waals surface area (Å²) in [4.78, 5) is 49.5. The molecule has 3 fully saturated rings. The van der Waals surface area contributed by atoms with Crippen molar-refractivity contribution in [3.63, 3.8) is 0 Å². The maximum Gasteiger partial charge on any atom is 0.255 e. The molecule has 6 aliphatic rings. The van der Waals surface area contributed by atoms with Crippen LogP contribution < -0.4 is 26.8 Å². The van der Waals surface area contributed by atoms with Crippen LogP contribution in [0.25, 0.3) is 0 Å². The molecular formula is C25H30N8O6. The standard InChI is InChI=1S/C25H30N8O6/c26-21-30-19-14(10-32-16(34)4-5-17(32)35)28-22(27)33-11-15(25(37,38)24(19,33)31-21)29-20(36)12-2-1-3-13-18(12)39-9-8-23(13)6-7-23/h1-3,14-15,19,37-38H,4-11H2,(H2,27,28)(H,29,36)(H3,26,30,31)/t14-,15?,19-,24-/m0/s1. The van der Waals surface area contributed by atoms with Gasteiger partial charge in [0, 0.05) is 30.4 Å². The molecular weight excluding hydrogens is 508 g/mol. The predicted octanol–water partition coefficient (Wildman–Crippen LogP) is -2.58. The molecule has 7 rings (SSSR count). The number of carbonyl (C=O) groups excluding carboxylic acids is 3. The lowest BCUT2D eigenvalue weighted by Gasteiger charge is -2.49. The van der Waals surface area contributed by atoms with Crippen molar-refractivity contribution in [2.45, 2.75) is 67.1 Å². The van der Waals surface area contributed by atoms with E-state index in [0.717, 1.165) is 29.7 Å². The van der Waals surface area contributed by atoms with Crippen LogP contribution in [0.1, 0.15) is 48.0 Å². The van der Waals surface area contributed by atoms with Crippen LogP contribution in [0.5, 0.6) is 5.75 Å². The number of aliphatic imine (C=N–C) groups is 2. The van der Waals surface area contributed by atoms with Gasteiger partial charge in [-0.1, -0.05) is 12.1 Å². The number of para-hydroxylation sites is 1. The van der Waals surface area contributed by atoms with E-state index < -0.39 is 35.5 Å². The van der Waals surface area contributed by atoms with Gasteiger partial charge in [0.1, 0.15) is 17.8 Å². The summed E-state index contributed by atoms with van der Waals surface area (Å²) in [5, 5.41) is 29.0. The van der Waals surface area contributed by atoms with Gasteiger partial charge in [0.25, 0.3) is 5.91 Å². The third-order valence-electron chi connectivity index (χ3n) is 9.14. The number of nitrogens with zero attached hydrogens (tertiary/aromatic N) is 4. The van der Waals surface area contributed by atoms with Crippen LogP contribution in [0.15, 0.2) is 28.2 Å². The SMILES string of the molecule is NC1=N[C@H]2[C@H](CN3C(=O)CCC3=O)N=C(N)N3CC(NC(=O)c4cccc5c4OCCC54CC4)C(O)(O)[C@]23N1. The molecule has 1 unspecified atom stereocenters. The van der Waals surface area contributed by atoms with Gasteiger partial charge in [0.05, 0.1) is 24.8 Å². The largest absolute Gasteiger partial charge is 0.492 e. The first-order valence-electron chi connectivity index (χ1n) is 13.1. The topological polar surface area (TPSA) is 208 Å². The highest BCUT2D eigenvalue weighted by atomic mass is 16.5. The lowest BCUT2D eigenvalue weighted by molar-refractivity contribution is -0.230. The van der Waals surface area contributed by atoms with Crippen molar-refractivity contribution in [1.82, 2.24) is 20.4 Å². The van der Waals surface area contributed by atoms with E-state index in [4.69, 9.17) is 16.2 Å². The molecule has 39 heavy (non-hydrogen) atoms. The zero-order valence-electron chi connectivity index (χ0n) is 21.1. The molecule has 1 aromatic rings. The molecule has 2 saturated heterocycles. The number of rotatable bonds is 4. The fourth-order valence-electron chi connectivity index (χ4n) is 6.93. The summed E-state index contributed by atoms with van der Waals surface area (Å²) in [6.07, 6.45) is 3.21. The smallest absolute Gasteiger partial charge is 0.255 e. The molecule has 0 aromatic heterocycles. The molecule has 206 valence electrons. The van der Waals surface area contributed by atoms with Crippen molar-refractivity contribution in [1.29, 1.82) is 0 Å². The normalized spacial score (nSPS) is 33.0. The maximum absolute atomic E-state index is 13.6. The monoisotopic (exact) mass is 538 g/mol. The quantitative estimate of drug-likeness (QED) is 0.174. The second-order valence-electron chi connectivity index (χ2n) is 11.2. The molecule has 3 amide bonds. The van der Waals surface area contributed by atoms with E-state index in [1.54, 1.807) is 6.07 Å². The van der Waals surface area contributed by atoms with E-state index in [9.17, 15) is 24.6 Å². The third-order valence-corrected chi connectivity index (χ3v) is 9.14. The Kier molecular flexibility index (Phi) is 4.84. The second-order valence-corrected chi connectivity index (χ2v) is 11.2. The Morgan fingerprint density at radius 3 is 2.62 bits per heavy atom. The van der Waals surface area contributed by atoms with Gasteiger partial charge in [-0.05, 0) is 25.3 Å². The van der Waals surface area contributed by atoms with Crippen molar-refractivity contribution < 1.29 is 29.3 Å². The van der Waals surface area contributed by atoms with Crippen LogP contribution in [-0.2, 0) is 15.0 Å². The summed E-state index contributed by atoms with van der Waals surface area (Å²) in [6, 6.07) is 2.29. The van der Waals surface area contributed by atoms with Crippen LogP contribution >= 0.6 is 0 Å². The molecule has 2 spiro atoms. The number of ether oxygens (including phenoxy) is 1. The summed E-state index contributed by atoms with van der Waals surface area (Å²) in [5.41, 5.74) is 11.9. The molecule has 8 N–H and O–H groups in total. The Morgan fingerprint density at radius 2 is 1.90 bits per heavy atom. The Morgan fingerprint density at radius 1 is 1.15 bits per heavy atom. The number of carbonyl (C=O) groups is 3. The van der Waals surface area contributed by atoms with Crippen molar-refractivity contribution in [3.05, 3.63) is 29.3 Å². The first-order chi connectivity index (χ1) is 18.6. The first kappa shape index (κ1) is 24.2. The molecule has 4 atom stereocenters. The molecule has 1 saturated carbocycles. The molecule has 5 aliphatic heterocycles. The minimum absolute atomic E-state index is 0.0580. The lowest BCUT2D eigenvalue weighted by atomic mass is 9.84. The van der Waals surface area contributed by atoms with Crippen LogP contribution in [0.3, 0.4) is 0 Å². The van der Waals surface area contributed by atoms with Crippen LogP contribution in [0.4, 0.5) is 0 Å². The number of fused-ring (bicyclic) bond motifs is 2. The highest BCUT2D eigenvalue weighted by molar-refractivity contribution is 6.02. The zero-order valence-corrected chi connectivity index (χ0v) is 21.1. The van der Waals surface area contributed by atoms with Gasteiger partial charge in [-0.2, -0.15) is 0 Å². The number of benzene rings is 1. The molecule has 5 heterocycles. The number of hydrogen-bond donors (Lipinski definition) is 6. The van der Waals surface area contributed by atoms with Gasteiger partial charge in [-0.3, -0.25) is 19.3 Å². The Bertz CT molecular complexity index is 1360. The van der Waals surface area contributed by atoms with E-state index in [1.807, 2.05) is 12.1 Å². The molecule has 1 aromatic carbocycles. The highest BCUT2D eigenvalue weighted by Crippen LogP contribution is 2.56. The molecule has 0 bridgehead atoms. The Labute approximate surface area is 223 Å². The average Bonchev–Trinajstić information content (AvgIpc) is 3.38. The summed E-state index contributed by atoms with van der Waals surface area (Å²) in [5.74, 6) is -3.47. The number of nitrogens with two attached hydrogens (primary N) is 2. The number of nitrogens with one attached hydrogen (secondary N) is 2. The summed E-state index contributed by atoms with van der Waals surface area (Å²) < 4.78 is 5.91. The Hall–Kier alpha value is -3.91. The van der Waals surface area contributed by atoms with E-state index >= 15 is 0 Å². The fourth-order valence-corrected chi connectivity index (χ4v) is 6.93. The minimum Gasteiger partial charge on any atom is -0.492 e. The van der Waals surface area contributed by atoms with E-state index in [2.05, 4.69) is 20.6 Å². The number of hydrogen-bond acceptors (Lipinski definition) is 12. The van der Waals surface area contributed by atoms with Gasteiger partial charge in [-0.25, -0.2) is 9.98 Å². The number of aliphatic hydroxyl groups is 2. The van der Waals surface area contributed by atoms with E-state index in [0.29, 0.717) is 17.9 Å². The Balaban J connectivity index is 1.20. The highest BCUT2D eigenvalue weighted by Gasteiger charge is 2.73. The molecule has 14 nitrogen and oxygen atoms in total. The van der Waals surface area contributed by atoms with Gasteiger partial charge >= 0.3 is 0 Å². The number of imide groups is 1. The number of likely N-dealkylation sites (tertiary alicyclic amines) is 1. The molecule has 1 aliphatic carbocycles. The first-order valence-corrected chi connectivity index (χ1v) is 13.1. The van der Waals surface area contributed by atoms with Crippen molar-refractivity contribution in [2.24, 2.45) is 21.5 Å². The number of guanidine groups is 2. The van der Waals surface area contributed by atoms with Crippen LogP contribution in [0, 0.1) is 0 Å². The lowest BCUT2D eigenvalue weighted by Crippen LogP contribution is -2.78. The molecule has 0 radical (unpaired) electrons. The average molecular weight is 539 g/mol. The van der Waals surface area contributed by atoms with Gasteiger partial charge in [-0.15, -0.1) is 0 Å². The van der Waals surface area contributed by atoms with Gasteiger partial charge in [0.15, 0.2) is 17.6 Å². The third kappa shape index (κ3) is 3.18. The van der Waals surface area contributed by atoms with Gasteiger partial charge in [0.2, 0.25) is 17.6 Å². The van der Waals surface area contributed by atoms with Crippen molar-refractivity contribution in [3.8, 4) is 5.75 Å². The summed E-state index contributed by atoms with van der Waals surface area (Å²) in [7, 11) is 0. The molecule has 14 heteroatoms. The second kappa shape index (κ2) is 7.82. The summed E-state index contributed by atoms with van der Waals surface area (Å²) in [6.45, 7) is 0.258. The van der Waals surface area contributed by atoms with E-state index in [1.165, 1.54) is 4.90 Å². The van der Waals surface area contributed by atoms with Crippen molar-refractivity contribution in [2.75, 3.05) is 19.7 Å². The fraction of sp³-hybridized carbons (Fsp3) is 0.560. The van der Waals surface area contributed by atoms with Crippen molar-refractivity contribution >= 4 is 29.6 Å². The predicted molar refractivity (Wildman–Crippen MR) is 135 cm³/mol. The van der Waals surface area contributed by atoms with E-state index in [-0.39, 0.29) is 55.1 Å². The zero-order chi connectivity index (χ0) is 27.3. The number of amides is 3. The van der Waals surface area contributed by atoms with Crippen LogP contribution in [-0.4, -0.2) is 98.9 Å². The maximum atomic E-state index is 13.6. The summed E-state index contributed by atoms with van der Waals surface area (Å²) >= 11 is 0. The minimum atomic E-state index is -2.64. The van der Waals surface area contributed by atoms with Crippen LogP contribution in [0.2, 0.25) is 0 Å².